The number of nitrogens with two attached hydrogens (primary N) is 1. The maximum absolute atomic E-state index is 10.5. The number of nitrogens with zero attached hydrogens (tertiary/aromatic N) is 2. The lowest BCUT2D eigenvalue weighted by molar-refractivity contribution is 0.317. The molecule has 0 aliphatic heterocycles. The van der Waals surface area contributed by atoms with E-state index >= 15 is 0 Å². The van der Waals surface area contributed by atoms with Crippen LogP contribution in [0.3, 0.4) is 0 Å². The molecule has 0 unspecified atom stereocenters. The van der Waals surface area contributed by atoms with Crippen molar-refractivity contribution in [2.45, 2.75) is 13.3 Å². The Morgan fingerprint density at radius 1 is 1.44 bits per heavy atom. The molecule has 0 aromatic heterocycles. The number of hydrogen-bond acceptors (Lipinski definition) is 5. The molecule has 18 heavy (non-hydrogen) atoms. The minimum Gasteiger partial charge on any atom is -0.491 e. The molecule has 100 valence electrons. The molecule has 0 aliphatic rings. The molecule has 1 rings (SSSR count). The van der Waals surface area contributed by atoms with Crippen molar-refractivity contribution in [2.75, 3.05) is 12.4 Å². The number of rotatable bonds is 6. The first-order valence-corrected chi connectivity index (χ1v) is 6.83. The van der Waals surface area contributed by atoms with Crippen molar-refractivity contribution in [1.29, 1.82) is 0 Å². The predicted molar refractivity (Wildman–Crippen MR) is 66.4 cm³/mol. The third-order valence-corrected chi connectivity index (χ3v) is 2.89. The van der Waals surface area contributed by atoms with Gasteiger partial charge in [-0.05, 0) is 31.0 Å². The maximum atomic E-state index is 10.5. The monoisotopic (exact) mass is 273 g/mol. The van der Waals surface area contributed by atoms with Gasteiger partial charge in [0.25, 0.3) is 10.1 Å². The van der Waals surface area contributed by atoms with Crippen molar-refractivity contribution in [2.24, 2.45) is 16.2 Å². The van der Waals surface area contributed by atoms with Crippen LogP contribution in [0, 0.1) is 6.92 Å². The van der Waals surface area contributed by atoms with E-state index in [0.29, 0.717) is 11.4 Å². The second-order valence-electron chi connectivity index (χ2n) is 3.67. The van der Waals surface area contributed by atoms with Gasteiger partial charge in [-0.1, -0.05) is 11.3 Å². The molecule has 0 atom stereocenters. The summed E-state index contributed by atoms with van der Waals surface area (Å²) in [4.78, 5) is 0. The van der Waals surface area contributed by atoms with E-state index in [9.17, 15) is 8.42 Å². The highest BCUT2D eigenvalue weighted by Crippen LogP contribution is 2.28. The highest BCUT2D eigenvalue weighted by molar-refractivity contribution is 7.85. The Hall–Kier alpha value is -1.67. The van der Waals surface area contributed by atoms with Crippen LogP contribution < -0.4 is 10.6 Å². The van der Waals surface area contributed by atoms with Crippen LogP contribution in [-0.4, -0.2) is 25.3 Å². The van der Waals surface area contributed by atoms with Crippen LogP contribution in [0.1, 0.15) is 12.0 Å². The Kier molecular flexibility index (Phi) is 5.05. The van der Waals surface area contributed by atoms with Crippen molar-refractivity contribution in [3.05, 3.63) is 23.8 Å². The van der Waals surface area contributed by atoms with Gasteiger partial charge >= 0.3 is 0 Å². The van der Waals surface area contributed by atoms with Crippen LogP contribution in [0.2, 0.25) is 0 Å². The lowest BCUT2D eigenvalue weighted by Crippen LogP contribution is -2.08. The molecule has 8 heteroatoms. The smallest absolute Gasteiger partial charge is 0.264 e. The second-order valence-corrected chi connectivity index (χ2v) is 5.25. The van der Waals surface area contributed by atoms with Gasteiger partial charge < -0.3 is 10.6 Å². The second kappa shape index (κ2) is 6.31. The topological polar surface area (TPSA) is 114 Å². The minimum atomic E-state index is -3.95. The van der Waals surface area contributed by atoms with Crippen LogP contribution in [0.25, 0.3) is 0 Å². The largest absolute Gasteiger partial charge is 0.491 e. The summed E-state index contributed by atoms with van der Waals surface area (Å²) in [5.74, 6) is 5.10. The summed E-state index contributed by atoms with van der Waals surface area (Å²) in [5.41, 5.74) is 1.45. The van der Waals surface area contributed by atoms with Crippen molar-refractivity contribution in [3.63, 3.8) is 0 Å². The lowest BCUT2D eigenvalue weighted by atomic mass is 10.2. The quantitative estimate of drug-likeness (QED) is 0.268. The van der Waals surface area contributed by atoms with E-state index in [2.05, 4.69) is 10.3 Å². The summed E-state index contributed by atoms with van der Waals surface area (Å²) in [6.45, 7) is 2.04. The van der Waals surface area contributed by atoms with Crippen LogP contribution >= 0.6 is 0 Å². The Morgan fingerprint density at radius 2 is 2.17 bits per heavy atom. The van der Waals surface area contributed by atoms with Crippen molar-refractivity contribution in [1.82, 2.24) is 0 Å². The van der Waals surface area contributed by atoms with E-state index in [1.165, 1.54) is 0 Å². The van der Waals surface area contributed by atoms with E-state index in [-0.39, 0.29) is 18.8 Å². The van der Waals surface area contributed by atoms with Gasteiger partial charge in [0, 0.05) is 0 Å². The first kappa shape index (κ1) is 14.4. The van der Waals surface area contributed by atoms with Gasteiger partial charge in [-0.2, -0.15) is 8.42 Å². The fourth-order valence-corrected chi connectivity index (χ4v) is 1.80. The molecule has 0 radical (unpaired) electrons. The Labute approximate surface area is 105 Å². The molecule has 0 heterocycles. The molecule has 3 N–H and O–H groups in total. The molecule has 0 saturated carbocycles. The number of benzene rings is 1. The summed E-state index contributed by atoms with van der Waals surface area (Å²) in [6, 6.07) is 5.27. The van der Waals surface area contributed by atoms with E-state index < -0.39 is 10.1 Å². The molecule has 0 aliphatic carbocycles. The van der Waals surface area contributed by atoms with Crippen LogP contribution in [0.4, 0.5) is 5.69 Å². The van der Waals surface area contributed by atoms with Crippen molar-refractivity contribution < 1.29 is 17.7 Å². The zero-order valence-electron chi connectivity index (χ0n) is 9.91. The standard InChI is InChI=1S/C10H15N3O4S/c1-8-3-4-10(9(7-8)12-13-11)17-5-2-6-18(14,15)16/h3-4,7H,2,5-6H2,1H3,(H2,11,12)(H,14,15,16). The average molecular weight is 273 g/mol. The maximum Gasteiger partial charge on any atom is 0.264 e. The molecule has 0 saturated heterocycles. The van der Waals surface area contributed by atoms with Gasteiger partial charge in [-0.15, -0.1) is 5.11 Å². The number of aryl methyl sites for hydroxylation is 1. The molecular weight excluding hydrogens is 258 g/mol. The molecule has 7 nitrogen and oxygen atoms in total. The molecule has 1 aromatic carbocycles. The Bertz CT molecular complexity index is 528. The summed E-state index contributed by atoms with van der Waals surface area (Å²) in [6.07, 6.45) is 0.186. The van der Waals surface area contributed by atoms with Gasteiger partial charge in [0.05, 0.1) is 12.4 Å². The Morgan fingerprint density at radius 3 is 2.78 bits per heavy atom. The third-order valence-electron chi connectivity index (χ3n) is 2.08. The number of hydrogen-bond donors (Lipinski definition) is 2. The first-order chi connectivity index (χ1) is 8.42. The average Bonchev–Trinajstić information content (AvgIpc) is 2.26. The summed E-state index contributed by atoms with van der Waals surface area (Å²) < 4.78 is 34.9. The van der Waals surface area contributed by atoms with E-state index in [1.54, 1.807) is 12.1 Å². The summed E-state index contributed by atoms with van der Waals surface area (Å²) in [5, 5.41) is 6.89. The normalized spacial score (nSPS) is 11.9. The highest BCUT2D eigenvalue weighted by atomic mass is 32.2. The van der Waals surface area contributed by atoms with Gasteiger partial charge in [0.15, 0.2) is 0 Å². The van der Waals surface area contributed by atoms with Gasteiger partial charge in [0.2, 0.25) is 0 Å². The van der Waals surface area contributed by atoms with E-state index in [4.69, 9.17) is 15.1 Å². The zero-order chi connectivity index (χ0) is 13.6. The van der Waals surface area contributed by atoms with Crippen molar-refractivity contribution in [3.8, 4) is 5.75 Å². The van der Waals surface area contributed by atoms with Gasteiger partial charge in [0.1, 0.15) is 11.4 Å². The molecular formula is C10H15N3O4S. The van der Waals surface area contributed by atoms with Gasteiger partial charge in [-0.25, -0.2) is 0 Å². The van der Waals surface area contributed by atoms with Crippen LogP contribution in [0.5, 0.6) is 5.75 Å². The summed E-state index contributed by atoms with van der Waals surface area (Å²) >= 11 is 0. The third kappa shape index (κ3) is 5.11. The minimum absolute atomic E-state index is 0.149. The zero-order valence-corrected chi connectivity index (χ0v) is 10.7. The van der Waals surface area contributed by atoms with E-state index in [0.717, 1.165) is 5.56 Å². The predicted octanol–water partition coefficient (Wildman–Crippen LogP) is 1.61. The fraction of sp³-hybridized carbons (Fsp3) is 0.400. The molecule has 0 bridgehead atoms. The van der Waals surface area contributed by atoms with Crippen LogP contribution in [0.15, 0.2) is 28.5 Å². The van der Waals surface area contributed by atoms with E-state index in [1.807, 2.05) is 13.0 Å². The molecule has 0 fully saturated rings. The number of ether oxygens (including phenoxy) is 1. The van der Waals surface area contributed by atoms with Crippen molar-refractivity contribution >= 4 is 15.8 Å². The fourth-order valence-electron chi connectivity index (χ4n) is 1.31. The lowest BCUT2D eigenvalue weighted by Gasteiger charge is -2.08. The van der Waals surface area contributed by atoms with Gasteiger partial charge in [-0.3, -0.25) is 4.55 Å². The Balaban J connectivity index is 2.62. The summed E-state index contributed by atoms with van der Waals surface area (Å²) in [7, 11) is -3.95. The first-order valence-electron chi connectivity index (χ1n) is 5.22. The SMILES string of the molecule is Cc1ccc(OCCCS(=O)(=O)O)c(N=NN)c1. The molecule has 1 aromatic rings. The molecule has 0 amide bonds. The van der Waals surface area contributed by atoms with Crippen LogP contribution in [-0.2, 0) is 10.1 Å². The highest BCUT2D eigenvalue weighted by Gasteiger charge is 2.06. The molecule has 0 spiro atoms.